The molecule has 0 atom stereocenters. The molecule has 0 fully saturated rings. The summed E-state index contributed by atoms with van der Waals surface area (Å²) in [5, 5.41) is 3.85. The molecule has 0 saturated heterocycles. The van der Waals surface area contributed by atoms with Crippen molar-refractivity contribution in [3.8, 4) is 11.3 Å². The van der Waals surface area contributed by atoms with E-state index in [2.05, 4.69) is 114 Å². The number of hydrogen-bond donors (Lipinski definition) is 0. The standard InChI is InChI=1S/C36H44N2/c1-8-9-10-11-14-26-17-18-33-32(19-26)28-15-12-13-16-29(28)36-37-22-34(38(33)36)35-30(24(4)5)20-27(23(2)3)21-31(35)25(6)7/h12-13,15-25H,8-11,14H2,1-7H3. The Morgan fingerprint density at radius 1 is 0.711 bits per heavy atom. The van der Waals surface area contributed by atoms with Gasteiger partial charge in [0.2, 0.25) is 0 Å². The van der Waals surface area contributed by atoms with Crippen molar-refractivity contribution in [1.82, 2.24) is 9.38 Å². The molecule has 0 N–H and O–H groups in total. The van der Waals surface area contributed by atoms with E-state index in [9.17, 15) is 0 Å². The van der Waals surface area contributed by atoms with E-state index >= 15 is 0 Å². The summed E-state index contributed by atoms with van der Waals surface area (Å²) in [6.45, 7) is 16.2. The number of benzene rings is 3. The van der Waals surface area contributed by atoms with E-state index in [1.54, 1.807) is 0 Å². The number of nitrogens with zero attached hydrogens (tertiary/aromatic N) is 2. The largest absolute Gasteiger partial charge is 0.292 e. The van der Waals surface area contributed by atoms with Crippen LogP contribution in [0.4, 0.5) is 0 Å². The third kappa shape index (κ3) is 4.75. The van der Waals surface area contributed by atoms with Gasteiger partial charge in [-0.05, 0) is 70.4 Å². The van der Waals surface area contributed by atoms with Crippen molar-refractivity contribution >= 4 is 27.3 Å². The van der Waals surface area contributed by atoms with Gasteiger partial charge in [-0.1, -0.05) is 110 Å². The fourth-order valence-corrected chi connectivity index (χ4v) is 6.03. The molecule has 2 aromatic heterocycles. The van der Waals surface area contributed by atoms with E-state index < -0.39 is 0 Å². The Bertz CT molecular complexity index is 1550. The topological polar surface area (TPSA) is 17.3 Å². The highest BCUT2D eigenvalue weighted by Gasteiger charge is 2.23. The normalized spacial score (nSPS) is 12.3. The lowest BCUT2D eigenvalue weighted by molar-refractivity contribution is 0.667. The molecule has 2 nitrogen and oxygen atoms in total. The zero-order valence-corrected chi connectivity index (χ0v) is 24.4. The van der Waals surface area contributed by atoms with Gasteiger partial charge in [-0.3, -0.25) is 4.40 Å². The van der Waals surface area contributed by atoms with Gasteiger partial charge >= 0.3 is 0 Å². The average Bonchev–Trinajstić information content (AvgIpc) is 3.35. The number of fused-ring (bicyclic) bond motifs is 6. The number of imidazole rings is 1. The minimum atomic E-state index is 0.424. The first-order valence-electron chi connectivity index (χ1n) is 14.8. The number of aromatic nitrogens is 2. The van der Waals surface area contributed by atoms with Gasteiger partial charge in [-0.25, -0.2) is 4.98 Å². The Morgan fingerprint density at radius 2 is 1.39 bits per heavy atom. The summed E-state index contributed by atoms with van der Waals surface area (Å²) >= 11 is 0. The molecule has 0 aliphatic rings. The Kier molecular flexibility index (Phi) is 7.61. The van der Waals surface area contributed by atoms with Crippen LogP contribution in [-0.2, 0) is 6.42 Å². The average molecular weight is 505 g/mol. The second-order valence-corrected chi connectivity index (χ2v) is 12.0. The molecule has 0 radical (unpaired) electrons. The van der Waals surface area contributed by atoms with Crippen LogP contribution in [0.15, 0.2) is 60.8 Å². The molecule has 0 aliphatic carbocycles. The molecule has 0 bridgehead atoms. The van der Waals surface area contributed by atoms with Gasteiger partial charge < -0.3 is 0 Å². The first-order valence-corrected chi connectivity index (χ1v) is 14.8. The summed E-state index contributed by atoms with van der Waals surface area (Å²) in [4.78, 5) is 5.09. The fraction of sp³-hybridized carbons (Fsp3) is 0.417. The van der Waals surface area contributed by atoms with Crippen molar-refractivity contribution in [2.24, 2.45) is 0 Å². The van der Waals surface area contributed by atoms with E-state index in [1.165, 1.54) is 80.9 Å². The van der Waals surface area contributed by atoms with E-state index in [0.717, 1.165) is 12.1 Å². The SMILES string of the molecule is CCCCCCc1ccc2c(c1)c1ccccc1c1ncc(-c3c(C(C)C)cc(C(C)C)cc3C(C)C)n21. The smallest absolute Gasteiger partial charge is 0.145 e. The van der Waals surface area contributed by atoms with Gasteiger partial charge in [0.05, 0.1) is 17.4 Å². The summed E-state index contributed by atoms with van der Waals surface area (Å²) < 4.78 is 2.45. The minimum absolute atomic E-state index is 0.424. The minimum Gasteiger partial charge on any atom is -0.292 e. The fourth-order valence-electron chi connectivity index (χ4n) is 6.03. The second-order valence-electron chi connectivity index (χ2n) is 12.0. The highest BCUT2D eigenvalue weighted by Crippen LogP contribution is 2.41. The van der Waals surface area contributed by atoms with Gasteiger partial charge in [0.1, 0.15) is 5.65 Å². The number of hydrogen-bond acceptors (Lipinski definition) is 1. The molecule has 0 aliphatic heterocycles. The van der Waals surface area contributed by atoms with Crippen molar-refractivity contribution in [3.05, 3.63) is 83.0 Å². The van der Waals surface area contributed by atoms with Crippen LogP contribution in [0.25, 0.3) is 38.6 Å². The molecule has 2 heteroatoms. The highest BCUT2D eigenvalue weighted by molar-refractivity contribution is 6.12. The van der Waals surface area contributed by atoms with Gasteiger partial charge in [-0.2, -0.15) is 0 Å². The van der Waals surface area contributed by atoms with Crippen LogP contribution in [-0.4, -0.2) is 9.38 Å². The lowest BCUT2D eigenvalue weighted by Crippen LogP contribution is -2.05. The van der Waals surface area contributed by atoms with Crippen LogP contribution < -0.4 is 0 Å². The summed E-state index contributed by atoms with van der Waals surface area (Å²) in [6, 6.07) is 20.9. The number of rotatable bonds is 9. The van der Waals surface area contributed by atoms with Gasteiger partial charge in [0.15, 0.2) is 0 Å². The Hall–Kier alpha value is -3.13. The highest BCUT2D eigenvalue weighted by atomic mass is 15.0. The van der Waals surface area contributed by atoms with Crippen LogP contribution in [0.3, 0.4) is 0 Å². The van der Waals surface area contributed by atoms with E-state index in [0.29, 0.717) is 17.8 Å². The zero-order chi connectivity index (χ0) is 27.0. The van der Waals surface area contributed by atoms with Crippen molar-refractivity contribution in [2.75, 3.05) is 0 Å². The summed E-state index contributed by atoms with van der Waals surface area (Å²) in [5.74, 6) is 1.35. The lowest BCUT2D eigenvalue weighted by atomic mass is 9.83. The van der Waals surface area contributed by atoms with Crippen molar-refractivity contribution in [2.45, 2.75) is 98.3 Å². The molecule has 0 amide bonds. The Morgan fingerprint density at radius 3 is 2.03 bits per heavy atom. The maximum atomic E-state index is 5.09. The Labute approximate surface area is 229 Å². The maximum Gasteiger partial charge on any atom is 0.145 e. The van der Waals surface area contributed by atoms with Gasteiger partial charge in [0, 0.05) is 16.3 Å². The van der Waals surface area contributed by atoms with E-state index in [1.807, 2.05) is 0 Å². The molecular weight excluding hydrogens is 460 g/mol. The number of aryl methyl sites for hydroxylation is 1. The van der Waals surface area contributed by atoms with Crippen LogP contribution in [0.2, 0.25) is 0 Å². The number of unbranched alkanes of at least 4 members (excludes halogenated alkanes) is 3. The molecule has 5 aromatic rings. The molecule has 0 unspecified atom stereocenters. The first kappa shape index (κ1) is 26.5. The van der Waals surface area contributed by atoms with Crippen LogP contribution >= 0.6 is 0 Å². The van der Waals surface area contributed by atoms with Crippen molar-refractivity contribution < 1.29 is 0 Å². The summed E-state index contributed by atoms with van der Waals surface area (Å²) in [7, 11) is 0. The van der Waals surface area contributed by atoms with Crippen LogP contribution in [0.5, 0.6) is 0 Å². The second kappa shape index (κ2) is 10.9. The molecular formula is C36H44N2. The van der Waals surface area contributed by atoms with Crippen molar-refractivity contribution in [3.63, 3.8) is 0 Å². The van der Waals surface area contributed by atoms with Crippen molar-refractivity contribution in [1.29, 1.82) is 0 Å². The molecule has 198 valence electrons. The van der Waals surface area contributed by atoms with Crippen LogP contribution in [0.1, 0.15) is 114 Å². The monoisotopic (exact) mass is 504 g/mol. The molecule has 0 spiro atoms. The van der Waals surface area contributed by atoms with Crippen LogP contribution in [0, 0.1) is 0 Å². The predicted molar refractivity (Wildman–Crippen MR) is 166 cm³/mol. The van der Waals surface area contributed by atoms with Gasteiger partial charge in [-0.15, -0.1) is 0 Å². The van der Waals surface area contributed by atoms with E-state index in [-0.39, 0.29) is 0 Å². The predicted octanol–water partition coefficient (Wildman–Crippen LogP) is 10.8. The third-order valence-electron chi connectivity index (χ3n) is 8.23. The molecule has 2 heterocycles. The third-order valence-corrected chi connectivity index (χ3v) is 8.23. The van der Waals surface area contributed by atoms with Gasteiger partial charge in [0.25, 0.3) is 0 Å². The lowest BCUT2D eigenvalue weighted by Gasteiger charge is -2.23. The van der Waals surface area contributed by atoms with E-state index in [4.69, 9.17) is 4.98 Å². The molecule has 3 aromatic carbocycles. The molecule has 38 heavy (non-hydrogen) atoms. The molecule has 5 rings (SSSR count). The molecule has 0 saturated carbocycles. The first-order chi connectivity index (χ1) is 18.3. The number of pyridine rings is 1. The Balaban J connectivity index is 1.82. The quantitative estimate of drug-likeness (QED) is 0.144. The summed E-state index contributed by atoms with van der Waals surface area (Å²) in [6.07, 6.45) is 8.43. The maximum absolute atomic E-state index is 5.09. The summed E-state index contributed by atoms with van der Waals surface area (Å²) in [5.41, 5.74) is 10.6. The zero-order valence-electron chi connectivity index (χ0n) is 24.4.